The Labute approximate surface area is 135 Å². The molecule has 23 heavy (non-hydrogen) atoms. The van der Waals surface area contributed by atoms with Crippen LogP contribution in [-0.4, -0.2) is 30.9 Å². The number of halogens is 1. The van der Waals surface area contributed by atoms with Crippen LogP contribution in [0.2, 0.25) is 0 Å². The van der Waals surface area contributed by atoms with Crippen molar-refractivity contribution in [2.75, 3.05) is 6.26 Å². The fourth-order valence-electron chi connectivity index (χ4n) is 3.10. The van der Waals surface area contributed by atoms with E-state index < -0.39 is 15.7 Å². The third-order valence-electron chi connectivity index (χ3n) is 4.36. The molecule has 2 unspecified atom stereocenters. The van der Waals surface area contributed by atoms with E-state index in [1.54, 1.807) is 6.07 Å². The molecule has 0 amide bonds. The standard InChI is InChI=1S/C16H20FN3O2S/c1-10(11-3-6-16(14(17)8-11)23(2,21)22)19-13-4-5-15-12(7-13)9-18-20-15/h3,6,8-10,13,19H,4-5,7H2,1-2H3,(H,18,20). The molecular formula is C16H20FN3O2S. The molecule has 3 rings (SSSR count). The minimum atomic E-state index is -3.54. The summed E-state index contributed by atoms with van der Waals surface area (Å²) in [5.41, 5.74) is 3.16. The molecule has 1 heterocycles. The number of benzene rings is 1. The van der Waals surface area contributed by atoms with E-state index in [9.17, 15) is 12.8 Å². The summed E-state index contributed by atoms with van der Waals surface area (Å²) in [6, 6.07) is 4.56. The van der Waals surface area contributed by atoms with E-state index in [1.165, 1.54) is 23.4 Å². The first-order chi connectivity index (χ1) is 10.8. The number of aromatic amines is 1. The van der Waals surface area contributed by atoms with E-state index >= 15 is 0 Å². The van der Waals surface area contributed by atoms with E-state index in [1.807, 2.05) is 13.1 Å². The van der Waals surface area contributed by atoms with Crippen LogP contribution >= 0.6 is 0 Å². The number of hydrogen-bond donors (Lipinski definition) is 2. The maximum atomic E-state index is 14.0. The summed E-state index contributed by atoms with van der Waals surface area (Å²) >= 11 is 0. The summed E-state index contributed by atoms with van der Waals surface area (Å²) in [5, 5.41) is 10.6. The minimum absolute atomic E-state index is 0.0587. The van der Waals surface area contributed by atoms with Crippen molar-refractivity contribution in [3.05, 3.63) is 47.0 Å². The normalized spacial score (nSPS) is 19.3. The van der Waals surface area contributed by atoms with Crippen LogP contribution in [0.15, 0.2) is 29.3 Å². The number of aryl methyl sites for hydroxylation is 1. The number of nitrogens with one attached hydrogen (secondary N) is 2. The summed E-state index contributed by atoms with van der Waals surface area (Å²) in [7, 11) is -3.54. The average molecular weight is 337 g/mol. The van der Waals surface area contributed by atoms with Gasteiger partial charge in [-0.05, 0) is 49.4 Å². The number of fused-ring (bicyclic) bond motifs is 1. The lowest BCUT2D eigenvalue weighted by molar-refractivity contribution is 0.411. The molecule has 1 aromatic heterocycles. The Hall–Kier alpha value is -1.73. The maximum Gasteiger partial charge on any atom is 0.178 e. The van der Waals surface area contributed by atoms with E-state index in [-0.39, 0.29) is 10.9 Å². The number of aromatic nitrogens is 2. The van der Waals surface area contributed by atoms with Crippen LogP contribution in [0.1, 0.15) is 36.2 Å². The second kappa shape index (κ2) is 6.05. The predicted octanol–water partition coefficient (Wildman–Crippen LogP) is 2.16. The molecule has 0 saturated carbocycles. The van der Waals surface area contributed by atoms with Gasteiger partial charge in [0.2, 0.25) is 0 Å². The van der Waals surface area contributed by atoms with Gasteiger partial charge in [0, 0.05) is 24.0 Å². The lowest BCUT2D eigenvalue weighted by Crippen LogP contribution is -2.36. The summed E-state index contributed by atoms with van der Waals surface area (Å²) in [6.07, 6.45) is 5.69. The molecule has 0 radical (unpaired) electrons. The van der Waals surface area contributed by atoms with Crippen molar-refractivity contribution < 1.29 is 12.8 Å². The molecule has 0 saturated heterocycles. The van der Waals surface area contributed by atoms with Crippen molar-refractivity contribution in [2.45, 2.75) is 43.2 Å². The zero-order valence-electron chi connectivity index (χ0n) is 13.1. The lowest BCUT2D eigenvalue weighted by Gasteiger charge is -2.27. The molecule has 0 aliphatic heterocycles. The molecule has 1 aliphatic rings. The molecule has 124 valence electrons. The third-order valence-corrected chi connectivity index (χ3v) is 5.49. The van der Waals surface area contributed by atoms with Crippen molar-refractivity contribution in [2.24, 2.45) is 0 Å². The number of H-pyrrole nitrogens is 1. The van der Waals surface area contributed by atoms with Crippen LogP contribution in [-0.2, 0) is 22.7 Å². The summed E-state index contributed by atoms with van der Waals surface area (Å²) in [4.78, 5) is -0.255. The third kappa shape index (κ3) is 3.45. The van der Waals surface area contributed by atoms with Gasteiger partial charge >= 0.3 is 0 Å². The van der Waals surface area contributed by atoms with Gasteiger partial charge in [0.05, 0.1) is 6.20 Å². The lowest BCUT2D eigenvalue weighted by atomic mass is 9.92. The molecule has 2 aromatic rings. The summed E-state index contributed by atoms with van der Waals surface area (Å²) in [6.45, 7) is 1.96. The Morgan fingerprint density at radius 1 is 1.43 bits per heavy atom. The van der Waals surface area contributed by atoms with Crippen LogP contribution in [0.4, 0.5) is 4.39 Å². The molecule has 5 nitrogen and oxygen atoms in total. The Kier molecular flexibility index (Phi) is 4.25. The molecule has 7 heteroatoms. The van der Waals surface area contributed by atoms with Crippen molar-refractivity contribution >= 4 is 9.84 Å². The molecule has 2 N–H and O–H groups in total. The van der Waals surface area contributed by atoms with Gasteiger partial charge in [-0.25, -0.2) is 12.8 Å². The smallest absolute Gasteiger partial charge is 0.178 e. The Morgan fingerprint density at radius 2 is 2.22 bits per heavy atom. The van der Waals surface area contributed by atoms with Crippen molar-refractivity contribution in [3.63, 3.8) is 0 Å². The van der Waals surface area contributed by atoms with Gasteiger partial charge in [-0.2, -0.15) is 5.10 Å². The summed E-state index contributed by atoms with van der Waals surface area (Å²) in [5.74, 6) is -0.695. The fourth-order valence-corrected chi connectivity index (χ4v) is 3.82. The number of nitrogens with zero attached hydrogens (tertiary/aromatic N) is 1. The first-order valence-electron chi connectivity index (χ1n) is 7.61. The highest BCUT2D eigenvalue weighted by Gasteiger charge is 2.22. The van der Waals surface area contributed by atoms with Gasteiger partial charge < -0.3 is 5.32 Å². The predicted molar refractivity (Wildman–Crippen MR) is 85.5 cm³/mol. The first-order valence-corrected chi connectivity index (χ1v) is 9.50. The van der Waals surface area contributed by atoms with Crippen LogP contribution in [0, 0.1) is 5.82 Å². The Morgan fingerprint density at radius 3 is 2.91 bits per heavy atom. The van der Waals surface area contributed by atoms with Crippen molar-refractivity contribution in [1.82, 2.24) is 15.5 Å². The van der Waals surface area contributed by atoms with Crippen LogP contribution < -0.4 is 5.32 Å². The molecular weight excluding hydrogens is 317 g/mol. The van der Waals surface area contributed by atoms with Crippen molar-refractivity contribution in [1.29, 1.82) is 0 Å². The monoisotopic (exact) mass is 337 g/mol. The highest BCUT2D eigenvalue weighted by Crippen LogP contribution is 2.24. The molecule has 0 fully saturated rings. The molecule has 1 aliphatic carbocycles. The topological polar surface area (TPSA) is 74.8 Å². The van der Waals surface area contributed by atoms with Crippen LogP contribution in [0.25, 0.3) is 0 Å². The molecule has 1 aromatic carbocycles. The van der Waals surface area contributed by atoms with E-state index in [0.717, 1.165) is 31.1 Å². The van der Waals surface area contributed by atoms with Gasteiger partial charge in [-0.1, -0.05) is 6.07 Å². The zero-order chi connectivity index (χ0) is 16.6. The highest BCUT2D eigenvalue weighted by atomic mass is 32.2. The number of rotatable bonds is 4. The van der Waals surface area contributed by atoms with E-state index in [4.69, 9.17) is 0 Å². The molecule has 2 atom stereocenters. The molecule has 0 spiro atoms. The second-order valence-electron chi connectivity index (χ2n) is 6.16. The zero-order valence-corrected chi connectivity index (χ0v) is 14.0. The number of hydrogen-bond acceptors (Lipinski definition) is 4. The fraction of sp³-hybridized carbons (Fsp3) is 0.438. The van der Waals surface area contributed by atoms with Gasteiger partial charge in [0.25, 0.3) is 0 Å². The van der Waals surface area contributed by atoms with Gasteiger partial charge in [-0.15, -0.1) is 0 Å². The largest absolute Gasteiger partial charge is 0.307 e. The Balaban J connectivity index is 1.72. The van der Waals surface area contributed by atoms with E-state index in [0.29, 0.717) is 6.04 Å². The Bertz CT molecular complexity index is 816. The van der Waals surface area contributed by atoms with Crippen LogP contribution in [0.3, 0.4) is 0 Å². The number of sulfone groups is 1. The van der Waals surface area contributed by atoms with Gasteiger partial charge in [0.15, 0.2) is 9.84 Å². The summed E-state index contributed by atoms with van der Waals surface area (Å²) < 4.78 is 37.0. The second-order valence-corrected chi connectivity index (χ2v) is 8.15. The highest BCUT2D eigenvalue weighted by molar-refractivity contribution is 7.90. The minimum Gasteiger partial charge on any atom is -0.307 e. The quantitative estimate of drug-likeness (QED) is 0.896. The van der Waals surface area contributed by atoms with Crippen molar-refractivity contribution in [3.8, 4) is 0 Å². The maximum absolute atomic E-state index is 14.0. The van der Waals surface area contributed by atoms with Crippen LogP contribution in [0.5, 0.6) is 0 Å². The molecule has 0 bridgehead atoms. The van der Waals surface area contributed by atoms with Gasteiger partial charge in [0.1, 0.15) is 10.7 Å². The average Bonchev–Trinajstić information content (AvgIpc) is 2.93. The SMILES string of the molecule is CC(NC1CCc2[nH]ncc2C1)c1ccc(S(C)(=O)=O)c(F)c1. The van der Waals surface area contributed by atoms with E-state index in [2.05, 4.69) is 15.5 Å². The van der Waals surface area contributed by atoms with Gasteiger partial charge in [-0.3, -0.25) is 5.10 Å². The first kappa shape index (κ1) is 16.1.